The van der Waals surface area contributed by atoms with Gasteiger partial charge in [-0.05, 0) is 75.2 Å². The van der Waals surface area contributed by atoms with Crippen LogP contribution in [0.5, 0.6) is 0 Å². The van der Waals surface area contributed by atoms with E-state index in [0.29, 0.717) is 35.3 Å². The Hall–Kier alpha value is -3.48. The van der Waals surface area contributed by atoms with Crippen molar-refractivity contribution in [3.8, 4) is 0 Å². The minimum absolute atomic E-state index is 0.0603. The van der Waals surface area contributed by atoms with E-state index in [1.54, 1.807) is 55.5 Å². The number of Topliss-reactive ketones (excluding diaryl/α,β-unsaturated/α-hetero) is 1. The number of ether oxygens (including phenoxy) is 1. The van der Waals surface area contributed by atoms with Crippen LogP contribution >= 0.6 is 0 Å². The van der Waals surface area contributed by atoms with Crippen molar-refractivity contribution in [1.82, 2.24) is 0 Å². The van der Waals surface area contributed by atoms with E-state index in [2.05, 4.69) is 10.6 Å². The first-order valence-corrected chi connectivity index (χ1v) is 9.37. The lowest BCUT2D eigenvalue weighted by Crippen LogP contribution is -2.35. The van der Waals surface area contributed by atoms with Crippen LogP contribution in [0.2, 0.25) is 0 Å². The molecule has 0 heterocycles. The van der Waals surface area contributed by atoms with Crippen LogP contribution in [-0.4, -0.2) is 30.2 Å². The lowest BCUT2D eigenvalue weighted by molar-refractivity contribution is -0.131. The van der Waals surface area contributed by atoms with Crippen LogP contribution in [-0.2, 0) is 14.3 Å². The number of hydrogen-bond acceptors (Lipinski definition) is 5. The average Bonchev–Trinajstić information content (AvgIpc) is 3.51. The van der Waals surface area contributed by atoms with Crippen LogP contribution in [0.25, 0.3) is 0 Å². The molecule has 0 radical (unpaired) electrons. The smallest absolute Gasteiger partial charge is 0.338 e. The number of carbonyl (C=O) groups is 4. The Morgan fingerprint density at radius 2 is 1.28 bits per heavy atom. The molecule has 1 fully saturated rings. The highest BCUT2D eigenvalue weighted by Gasteiger charge is 2.56. The number of ketones is 1. The normalized spacial score (nSPS) is 13.9. The summed E-state index contributed by atoms with van der Waals surface area (Å²) in [7, 11) is 0. The molecule has 0 aliphatic heterocycles. The monoisotopic (exact) mass is 394 g/mol. The van der Waals surface area contributed by atoms with Gasteiger partial charge in [0, 0.05) is 16.9 Å². The number of hydrogen-bond donors (Lipinski definition) is 2. The van der Waals surface area contributed by atoms with E-state index < -0.39 is 11.4 Å². The van der Waals surface area contributed by atoms with E-state index in [1.165, 1.54) is 6.92 Å². The van der Waals surface area contributed by atoms with Crippen LogP contribution in [0.1, 0.15) is 47.4 Å². The maximum atomic E-state index is 12.7. The third-order valence-corrected chi connectivity index (χ3v) is 4.82. The average molecular weight is 394 g/mol. The molecule has 0 bridgehead atoms. The van der Waals surface area contributed by atoms with Crippen molar-refractivity contribution in [1.29, 1.82) is 0 Å². The molecular formula is C22H22N2O5. The molecule has 2 aromatic rings. The predicted octanol–water partition coefficient (Wildman–Crippen LogP) is 3.42. The molecule has 0 aromatic heterocycles. The second-order valence-electron chi connectivity index (χ2n) is 6.92. The molecule has 29 heavy (non-hydrogen) atoms. The molecule has 2 amide bonds. The predicted molar refractivity (Wildman–Crippen MR) is 108 cm³/mol. The Labute approximate surface area is 168 Å². The molecule has 3 rings (SSSR count). The van der Waals surface area contributed by atoms with Crippen molar-refractivity contribution in [2.75, 3.05) is 17.2 Å². The molecular weight excluding hydrogens is 372 g/mol. The lowest BCUT2D eigenvalue weighted by Gasteiger charge is -2.16. The van der Waals surface area contributed by atoms with Gasteiger partial charge in [0.05, 0.1) is 12.2 Å². The second kappa shape index (κ2) is 8.26. The molecule has 2 aromatic carbocycles. The fourth-order valence-electron chi connectivity index (χ4n) is 2.88. The molecule has 2 N–H and O–H groups in total. The molecule has 1 aliphatic rings. The van der Waals surface area contributed by atoms with Gasteiger partial charge in [0.15, 0.2) is 5.78 Å². The summed E-state index contributed by atoms with van der Waals surface area (Å²) in [4.78, 5) is 48.4. The number of esters is 1. The molecule has 0 atom stereocenters. The van der Waals surface area contributed by atoms with Gasteiger partial charge in [0.25, 0.3) is 0 Å². The van der Waals surface area contributed by atoms with Crippen molar-refractivity contribution in [3.05, 3.63) is 59.7 Å². The van der Waals surface area contributed by atoms with Gasteiger partial charge in [-0.1, -0.05) is 0 Å². The topological polar surface area (TPSA) is 102 Å². The maximum absolute atomic E-state index is 12.7. The second-order valence-corrected chi connectivity index (χ2v) is 6.92. The summed E-state index contributed by atoms with van der Waals surface area (Å²) in [6, 6.07) is 12.8. The van der Waals surface area contributed by atoms with Gasteiger partial charge < -0.3 is 15.4 Å². The van der Waals surface area contributed by atoms with E-state index in [0.717, 1.165) is 0 Å². The molecule has 1 aliphatic carbocycles. The summed E-state index contributed by atoms with van der Waals surface area (Å²) in [6.07, 6.45) is 0.911. The lowest BCUT2D eigenvalue weighted by atomic mass is 10.0. The number of nitrogens with one attached hydrogen (secondary N) is 2. The minimum atomic E-state index is -1.11. The fourth-order valence-corrected chi connectivity index (χ4v) is 2.88. The van der Waals surface area contributed by atoms with Crippen LogP contribution in [0, 0.1) is 5.41 Å². The minimum Gasteiger partial charge on any atom is -0.462 e. The summed E-state index contributed by atoms with van der Waals surface area (Å²) in [6.45, 7) is 3.48. The highest BCUT2D eigenvalue weighted by atomic mass is 16.5. The van der Waals surface area contributed by atoms with Gasteiger partial charge in [0.1, 0.15) is 5.41 Å². The zero-order valence-electron chi connectivity index (χ0n) is 16.3. The van der Waals surface area contributed by atoms with Crippen LogP contribution in [0.3, 0.4) is 0 Å². The highest BCUT2D eigenvalue weighted by Crippen LogP contribution is 2.47. The van der Waals surface area contributed by atoms with Crippen molar-refractivity contribution in [2.24, 2.45) is 5.41 Å². The Morgan fingerprint density at radius 3 is 1.66 bits per heavy atom. The van der Waals surface area contributed by atoms with E-state index in [9.17, 15) is 19.2 Å². The standard InChI is InChI=1S/C22H22N2O5/c1-3-29-19(26)16-6-10-18(11-7-16)24-21(28)22(12-13-22)20(27)23-17-8-4-15(5-9-17)14(2)25/h4-11H,3,12-13H2,1-2H3,(H,23,27)(H,24,28). The van der Waals surface area contributed by atoms with Gasteiger partial charge in [-0.15, -0.1) is 0 Å². The largest absolute Gasteiger partial charge is 0.462 e. The highest BCUT2D eigenvalue weighted by molar-refractivity contribution is 6.17. The number of carbonyl (C=O) groups excluding carboxylic acids is 4. The first-order chi connectivity index (χ1) is 13.9. The summed E-state index contributed by atoms with van der Waals surface area (Å²) in [5.74, 6) is -1.26. The zero-order valence-corrected chi connectivity index (χ0v) is 16.3. The third-order valence-electron chi connectivity index (χ3n) is 4.82. The van der Waals surface area contributed by atoms with Gasteiger partial charge >= 0.3 is 5.97 Å². The molecule has 0 saturated heterocycles. The fraction of sp³-hybridized carbons (Fsp3) is 0.273. The van der Waals surface area contributed by atoms with Crippen LogP contribution < -0.4 is 10.6 Å². The Balaban J connectivity index is 1.63. The molecule has 0 spiro atoms. The van der Waals surface area contributed by atoms with E-state index >= 15 is 0 Å². The van der Waals surface area contributed by atoms with E-state index in [1.807, 2.05) is 0 Å². The SMILES string of the molecule is CCOC(=O)c1ccc(NC(=O)C2(C(=O)Nc3ccc(C(C)=O)cc3)CC2)cc1. The quantitative estimate of drug-likeness (QED) is 0.426. The Bertz CT molecular complexity index is 944. The molecule has 150 valence electrons. The number of amides is 2. The third kappa shape index (κ3) is 4.51. The summed E-state index contributed by atoms with van der Waals surface area (Å²) in [5.41, 5.74) is 0.843. The van der Waals surface area contributed by atoms with Gasteiger partial charge in [0.2, 0.25) is 11.8 Å². The van der Waals surface area contributed by atoms with Crippen molar-refractivity contribution >= 4 is 34.9 Å². The molecule has 7 nitrogen and oxygen atoms in total. The van der Waals surface area contributed by atoms with Crippen LogP contribution in [0.15, 0.2) is 48.5 Å². The Morgan fingerprint density at radius 1 is 0.828 bits per heavy atom. The van der Waals surface area contributed by atoms with Crippen molar-refractivity contribution < 1.29 is 23.9 Å². The summed E-state index contributed by atoms with van der Waals surface area (Å²) < 4.78 is 4.92. The molecule has 0 unspecified atom stereocenters. The zero-order chi connectivity index (χ0) is 21.0. The summed E-state index contributed by atoms with van der Waals surface area (Å²) >= 11 is 0. The maximum Gasteiger partial charge on any atom is 0.338 e. The number of benzene rings is 2. The van der Waals surface area contributed by atoms with E-state index in [-0.39, 0.29) is 24.2 Å². The van der Waals surface area contributed by atoms with Crippen molar-refractivity contribution in [2.45, 2.75) is 26.7 Å². The molecule has 1 saturated carbocycles. The van der Waals surface area contributed by atoms with E-state index in [4.69, 9.17) is 4.74 Å². The number of anilines is 2. The Kier molecular flexibility index (Phi) is 5.77. The first kappa shape index (κ1) is 20.3. The first-order valence-electron chi connectivity index (χ1n) is 9.37. The van der Waals surface area contributed by atoms with Gasteiger partial charge in [-0.2, -0.15) is 0 Å². The number of rotatable bonds is 7. The van der Waals surface area contributed by atoms with Gasteiger partial charge in [-0.25, -0.2) is 4.79 Å². The summed E-state index contributed by atoms with van der Waals surface area (Å²) in [5, 5.41) is 5.48. The van der Waals surface area contributed by atoms with Gasteiger partial charge in [-0.3, -0.25) is 14.4 Å². The van der Waals surface area contributed by atoms with Crippen LogP contribution in [0.4, 0.5) is 11.4 Å². The molecule has 7 heteroatoms. The van der Waals surface area contributed by atoms with Crippen molar-refractivity contribution in [3.63, 3.8) is 0 Å².